The Kier molecular flexibility index (Phi) is 3.54. The van der Waals surface area contributed by atoms with Crippen LogP contribution in [-0.2, 0) is 8.54 Å². The topological polar surface area (TPSA) is 18.5 Å². The first-order valence-electron chi connectivity index (χ1n) is 2.52. The first-order chi connectivity index (χ1) is 3.56. The molecule has 2 nitrogen and oxygen atoms in total. The summed E-state index contributed by atoms with van der Waals surface area (Å²) in [6.45, 7) is 6.41. The smallest absolute Gasteiger partial charge is 0.421 e. The van der Waals surface area contributed by atoms with Crippen LogP contribution >= 0.6 is 0 Å². The molecule has 0 aliphatic heterocycles. The minimum Gasteiger partial charge on any atom is -0.434 e. The largest absolute Gasteiger partial charge is 0.434 e. The second kappa shape index (κ2) is 3.39. The molecule has 0 atom stereocenters. The fraction of sp³-hybridized carbons (Fsp3) is 1.00. The van der Waals surface area contributed by atoms with Gasteiger partial charge in [0.15, 0.2) is 8.32 Å². The van der Waals surface area contributed by atoms with Gasteiger partial charge in [0, 0.05) is 7.11 Å². The van der Waals surface area contributed by atoms with E-state index in [1.54, 1.807) is 7.11 Å². The lowest BCUT2D eigenvalue weighted by molar-refractivity contribution is 0.364. The van der Waals surface area contributed by atoms with Crippen LogP contribution in [0, 0.1) is 0 Å². The highest BCUT2D eigenvalue weighted by Crippen LogP contribution is 1.99. The van der Waals surface area contributed by atoms with Crippen LogP contribution in [0.25, 0.3) is 0 Å². The number of rotatable bonds is 3. The van der Waals surface area contributed by atoms with Crippen LogP contribution in [0.2, 0.25) is 19.6 Å². The summed E-state index contributed by atoms with van der Waals surface area (Å²) < 4.78 is 10.1. The monoisotopic (exact) mass is 148 g/mol. The molecular weight excluding hydrogens is 136 g/mol. The Morgan fingerprint density at radius 3 is 1.88 bits per heavy atom. The molecular formula is C4H12O2Si2. The standard InChI is InChI=1S/C4H12O2Si2/c1-5-7-6-8(2,3)4/h1-4H3. The zero-order valence-electron chi connectivity index (χ0n) is 5.82. The predicted molar refractivity (Wildman–Crippen MR) is 37.2 cm³/mol. The highest BCUT2D eigenvalue weighted by molar-refractivity contribution is 6.73. The molecule has 0 aromatic rings. The Hall–Kier alpha value is 0.354. The average Bonchev–Trinajstić information content (AvgIpc) is 1.59. The molecule has 0 unspecified atom stereocenters. The van der Waals surface area contributed by atoms with Gasteiger partial charge in [0.25, 0.3) is 0 Å². The van der Waals surface area contributed by atoms with Crippen molar-refractivity contribution in [2.24, 2.45) is 0 Å². The molecule has 0 spiro atoms. The SMILES string of the molecule is CO[Si]O[Si](C)(C)C. The van der Waals surface area contributed by atoms with E-state index in [2.05, 4.69) is 19.6 Å². The third-order valence-corrected chi connectivity index (χ3v) is 3.38. The van der Waals surface area contributed by atoms with E-state index in [1.807, 2.05) is 0 Å². The molecule has 0 saturated carbocycles. The maximum Gasteiger partial charge on any atom is 0.421 e. The summed E-state index contributed by atoms with van der Waals surface area (Å²) in [5.74, 6) is 0. The average molecular weight is 148 g/mol. The molecule has 0 aromatic heterocycles. The van der Waals surface area contributed by atoms with Gasteiger partial charge in [-0.25, -0.2) is 0 Å². The molecule has 8 heavy (non-hydrogen) atoms. The van der Waals surface area contributed by atoms with Crippen LogP contribution < -0.4 is 0 Å². The first-order valence-corrected chi connectivity index (χ1v) is 6.75. The molecule has 0 saturated heterocycles. The minimum atomic E-state index is -1.29. The lowest BCUT2D eigenvalue weighted by Crippen LogP contribution is -2.27. The van der Waals surface area contributed by atoms with Crippen molar-refractivity contribution < 1.29 is 8.54 Å². The van der Waals surface area contributed by atoms with Crippen molar-refractivity contribution in [2.75, 3.05) is 7.11 Å². The quantitative estimate of drug-likeness (QED) is 0.556. The highest BCUT2D eigenvalue weighted by Gasteiger charge is 2.13. The van der Waals surface area contributed by atoms with Crippen molar-refractivity contribution >= 4 is 18.3 Å². The normalized spacial score (nSPS) is 12.0. The van der Waals surface area contributed by atoms with E-state index in [1.165, 1.54) is 0 Å². The Morgan fingerprint density at radius 2 is 1.75 bits per heavy atom. The number of hydrogen-bond donors (Lipinski definition) is 0. The van der Waals surface area contributed by atoms with Gasteiger partial charge in [-0.2, -0.15) is 0 Å². The second-order valence-electron chi connectivity index (χ2n) is 2.50. The van der Waals surface area contributed by atoms with Gasteiger partial charge in [-0.15, -0.1) is 0 Å². The highest BCUT2D eigenvalue weighted by atomic mass is 28.4. The molecule has 0 fully saturated rings. The zero-order valence-corrected chi connectivity index (χ0v) is 7.82. The molecule has 48 valence electrons. The summed E-state index contributed by atoms with van der Waals surface area (Å²) in [4.78, 5) is 0. The van der Waals surface area contributed by atoms with E-state index in [4.69, 9.17) is 8.54 Å². The molecule has 0 aromatic carbocycles. The van der Waals surface area contributed by atoms with E-state index >= 15 is 0 Å². The molecule has 0 heterocycles. The molecule has 0 aliphatic rings. The van der Waals surface area contributed by atoms with E-state index < -0.39 is 8.32 Å². The van der Waals surface area contributed by atoms with E-state index in [9.17, 15) is 0 Å². The summed E-state index contributed by atoms with van der Waals surface area (Å²) in [7, 11) is 0.589. The fourth-order valence-corrected chi connectivity index (χ4v) is 1.50. The summed E-state index contributed by atoms with van der Waals surface area (Å²) in [5, 5.41) is 0. The van der Waals surface area contributed by atoms with Crippen molar-refractivity contribution in [1.29, 1.82) is 0 Å². The van der Waals surface area contributed by atoms with E-state index in [-0.39, 0.29) is 10.0 Å². The molecule has 0 bridgehead atoms. The van der Waals surface area contributed by atoms with Gasteiger partial charge in [-0.3, -0.25) is 0 Å². The minimum absolute atomic E-state index is 0.228. The number of hydrogen-bond acceptors (Lipinski definition) is 2. The molecule has 0 aliphatic carbocycles. The summed E-state index contributed by atoms with van der Waals surface area (Å²) in [6, 6.07) is 0. The van der Waals surface area contributed by atoms with Crippen LogP contribution in [0.15, 0.2) is 0 Å². The van der Waals surface area contributed by atoms with Crippen molar-refractivity contribution in [3.63, 3.8) is 0 Å². The summed E-state index contributed by atoms with van der Waals surface area (Å²) in [6.07, 6.45) is 0. The molecule has 2 radical (unpaired) electrons. The van der Waals surface area contributed by atoms with Crippen molar-refractivity contribution in [2.45, 2.75) is 19.6 Å². The Bertz CT molecular complexity index is 59.5. The second-order valence-corrected chi connectivity index (χ2v) is 8.12. The zero-order chi connectivity index (χ0) is 6.62. The first kappa shape index (κ1) is 8.35. The Balaban J connectivity index is 3.11. The fourth-order valence-electron chi connectivity index (χ4n) is 0.167. The van der Waals surface area contributed by atoms with Gasteiger partial charge >= 0.3 is 10.0 Å². The van der Waals surface area contributed by atoms with Crippen molar-refractivity contribution in [1.82, 2.24) is 0 Å². The van der Waals surface area contributed by atoms with Crippen molar-refractivity contribution in [3.8, 4) is 0 Å². The van der Waals surface area contributed by atoms with Gasteiger partial charge < -0.3 is 8.54 Å². The van der Waals surface area contributed by atoms with Crippen LogP contribution in [-0.4, -0.2) is 25.4 Å². The van der Waals surface area contributed by atoms with Gasteiger partial charge in [0.1, 0.15) is 0 Å². The lowest BCUT2D eigenvalue weighted by atomic mass is 11.8. The molecule has 0 N–H and O–H groups in total. The third kappa shape index (κ3) is 6.35. The van der Waals surface area contributed by atoms with E-state index in [0.717, 1.165) is 0 Å². The lowest BCUT2D eigenvalue weighted by Gasteiger charge is -2.14. The Morgan fingerprint density at radius 1 is 1.25 bits per heavy atom. The predicted octanol–water partition coefficient (Wildman–Crippen LogP) is 1.02. The Labute approximate surface area is 54.4 Å². The van der Waals surface area contributed by atoms with E-state index in [0.29, 0.717) is 0 Å². The van der Waals surface area contributed by atoms with Crippen LogP contribution in [0.5, 0.6) is 0 Å². The van der Waals surface area contributed by atoms with Crippen molar-refractivity contribution in [3.05, 3.63) is 0 Å². The summed E-state index contributed by atoms with van der Waals surface area (Å²) in [5.41, 5.74) is 0. The van der Waals surface area contributed by atoms with Crippen LogP contribution in [0.4, 0.5) is 0 Å². The van der Waals surface area contributed by atoms with Gasteiger partial charge in [0.05, 0.1) is 0 Å². The molecule has 0 amide bonds. The van der Waals surface area contributed by atoms with Crippen LogP contribution in [0.1, 0.15) is 0 Å². The van der Waals surface area contributed by atoms with Gasteiger partial charge in [0.2, 0.25) is 0 Å². The maximum atomic E-state index is 5.32. The summed E-state index contributed by atoms with van der Waals surface area (Å²) >= 11 is 0. The molecule has 0 rings (SSSR count). The van der Waals surface area contributed by atoms with Crippen LogP contribution in [0.3, 0.4) is 0 Å². The third-order valence-electron chi connectivity index (χ3n) is 0.431. The maximum absolute atomic E-state index is 5.32. The van der Waals surface area contributed by atoms with Gasteiger partial charge in [-0.05, 0) is 19.6 Å². The molecule has 4 heteroatoms. The van der Waals surface area contributed by atoms with Gasteiger partial charge in [-0.1, -0.05) is 0 Å².